The SMILES string of the molecule is CS(=O)(=O)N1CC=C(c2ccc(C[C@H](NC(=O)c3ccc(Br)cc3Cl)C(=O)O)cc2)CC1. The number of amides is 1. The third-order valence-electron chi connectivity index (χ3n) is 5.18. The molecule has 0 radical (unpaired) electrons. The molecule has 0 fully saturated rings. The summed E-state index contributed by atoms with van der Waals surface area (Å²) in [6.45, 7) is 0.764. The second-order valence-corrected chi connectivity index (χ2v) is 10.8. The van der Waals surface area contributed by atoms with Crippen molar-refractivity contribution in [2.45, 2.75) is 18.9 Å². The van der Waals surface area contributed by atoms with Crippen molar-refractivity contribution < 1.29 is 23.1 Å². The van der Waals surface area contributed by atoms with Gasteiger partial charge in [-0.1, -0.05) is 57.9 Å². The summed E-state index contributed by atoms with van der Waals surface area (Å²) in [5, 5.41) is 12.3. The summed E-state index contributed by atoms with van der Waals surface area (Å²) in [7, 11) is -3.21. The van der Waals surface area contributed by atoms with E-state index in [1.807, 2.05) is 30.3 Å². The van der Waals surface area contributed by atoms with Crippen LogP contribution < -0.4 is 5.32 Å². The van der Waals surface area contributed by atoms with Crippen molar-refractivity contribution in [1.29, 1.82) is 0 Å². The monoisotopic (exact) mass is 540 g/mol. The normalized spacial score (nSPS) is 15.7. The average molecular weight is 542 g/mol. The highest BCUT2D eigenvalue weighted by atomic mass is 79.9. The minimum Gasteiger partial charge on any atom is -0.480 e. The zero-order valence-corrected chi connectivity index (χ0v) is 20.4. The third kappa shape index (κ3) is 6.19. The molecule has 3 rings (SSSR count). The highest BCUT2D eigenvalue weighted by Crippen LogP contribution is 2.24. The Morgan fingerprint density at radius 1 is 1.22 bits per heavy atom. The number of carboxylic acids is 1. The number of nitrogens with zero attached hydrogens (tertiary/aromatic N) is 1. The first-order valence-corrected chi connectivity index (χ1v) is 12.8. The van der Waals surface area contributed by atoms with Gasteiger partial charge in [0.25, 0.3) is 5.91 Å². The van der Waals surface area contributed by atoms with Crippen LogP contribution in [0.25, 0.3) is 5.57 Å². The molecule has 1 aliphatic heterocycles. The van der Waals surface area contributed by atoms with Crippen LogP contribution in [0, 0.1) is 0 Å². The van der Waals surface area contributed by atoms with Crippen LogP contribution in [0.15, 0.2) is 53.0 Å². The molecule has 1 amide bonds. The van der Waals surface area contributed by atoms with Crippen molar-refractivity contribution in [3.05, 3.63) is 74.7 Å². The summed E-state index contributed by atoms with van der Waals surface area (Å²) >= 11 is 9.36. The van der Waals surface area contributed by atoms with E-state index in [1.165, 1.54) is 16.6 Å². The van der Waals surface area contributed by atoms with E-state index in [2.05, 4.69) is 21.2 Å². The molecule has 0 unspecified atom stereocenters. The zero-order chi connectivity index (χ0) is 23.5. The maximum absolute atomic E-state index is 12.5. The van der Waals surface area contributed by atoms with Crippen LogP contribution in [0.4, 0.5) is 0 Å². The van der Waals surface area contributed by atoms with Gasteiger partial charge in [-0.25, -0.2) is 13.2 Å². The van der Waals surface area contributed by atoms with Gasteiger partial charge in [-0.15, -0.1) is 0 Å². The maximum Gasteiger partial charge on any atom is 0.326 e. The van der Waals surface area contributed by atoms with Crippen LogP contribution in [0.1, 0.15) is 27.9 Å². The molecule has 170 valence electrons. The number of carbonyl (C=O) groups is 2. The van der Waals surface area contributed by atoms with Gasteiger partial charge in [0.2, 0.25) is 10.0 Å². The molecular weight excluding hydrogens is 520 g/mol. The molecule has 2 aromatic rings. The number of sulfonamides is 1. The molecule has 10 heteroatoms. The molecule has 0 aliphatic carbocycles. The predicted octanol–water partition coefficient (Wildman–Crippen LogP) is 3.58. The maximum atomic E-state index is 12.5. The summed E-state index contributed by atoms with van der Waals surface area (Å²) in [6, 6.07) is 11.0. The number of nitrogens with one attached hydrogen (secondary N) is 1. The second kappa shape index (κ2) is 10.2. The largest absolute Gasteiger partial charge is 0.480 e. The van der Waals surface area contributed by atoms with Crippen molar-refractivity contribution in [2.75, 3.05) is 19.3 Å². The van der Waals surface area contributed by atoms with Gasteiger partial charge in [-0.05, 0) is 41.3 Å². The number of carboxylic acid groups (broad SMARTS) is 1. The number of halogens is 2. The van der Waals surface area contributed by atoms with Gasteiger partial charge < -0.3 is 10.4 Å². The van der Waals surface area contributed by atoms with Crippen LogP contribution in [0.5, 0.6) is 0 Å². The van der Waals surface area contributed by atoms with Crippen LogP contribution in [-0.2, 0) is 21.2 Å². The van der Waals surface area contributed by atoms with Gasteiger partial charge >= 0.3 is 5.97 Å². The molecule has 2 aromatic carbocycles. The van der Waals surface area contributed by atoms with Crippen LogP contribution in [0.2, 0.25) is 5.02 Å². The third-order valence-corrected chi connectivity index (χ3v) is 7.26. The van der Waals surface area contributed by atoms with Gasteiger partial charge in [0.1, 0.15) is 6.04 Å². The van der Waals surface area contributed by atoms with E-state index in [4.69, 9.17) is 11.6 Å². The summed E-state index contributed by atoms with van der Waals surface area (Å²) < 4.78 is 25.4. The Morgan fingerprint density at radius 2 is 1.91 bits per heavy atom. The number of hydrogen-bond acceptors (Lipinski definition) is 4. The van der Waals surface area contributed by atoms with E-state index in [9.17, 15) is 23.1 Å². The minimum absolute atomic E-state index is 0.108. The van der Waals surface area contributed by atoms with Gasteiger partial charge in [-0.3, -0.25) is 4.79 Å². The van der Waals surface area contributed by atoms with Crippen molar-refractivity contribution in [1.82, 2.24) is 9.62 Å². The Bertz CT molecular complexity index is 1170. The molecule has 0 aromatic heterocycles. The van der Waals surface area contributed by atoms with E-state index in [0.717, 1.165) is 16.7 Å². The fourth-order valence-corrected chi connectivity index (χ4v) is 4.94. The second-order valence-electron chi connectivity index (χ2n) is 7.49. The van der Waals surface area contributed by atoms with E-state index >= 15 is 0 Å². The standard InChI is InChI=1S/C22H22BrClN2O5S/c1-32(30,31)26-10-8-16(9-11-26)15-4-2-14(3-5-15)12-20(22(28)29)25-21(27)18-7-6-17(23)13-19(18)24/h2-8,13,20H,9-12H2,1H3,(H,25,27)(H,28,29)/t20-/m0/s1. The van der Waals surface area contributed by atoms with Crippen LogP contribution >= 0.6 is 27.5 Å². The lowest BCUT2D eigenvalue weighted by Crippen LogP contribution is -2.42. The molecule has 1 aliphatic rings. The summed E-state index contributed by atoms with van der Waals surface area (Å²) in [4.78, 5) is 24.2. The summed E-state index contributed by atoms with van der Waals surface area (Å²) in [6.07, 6.45) is 3.80. The molecule has 0 bridgehead atoms. The first-order valence-electron chi connectivity index (χ1n) is 9.77. The molecule has 0 saturated carbocycles. The van der Waals surface area contributed by atoms with E-state index in [1.54, 1.807) is 12.1 Å². The molecule has 1 heterocycles. The lowest BCUT2D eigenvalue weighted by Gasteiger charge is -2.24. The topological polar surface area (TPSA) is 104 Å². The van der Waals surface area contributed by atoms with Crippen molar-refractivity contribution in [3.8, 4) is 0 Å². The molecule has 1 atom stereocenters. The highest BCUT2D eigenvalue weighted by Gasteiger charge is 2.23. The van der Waals surface area contributed by atoms with E-state index < -0.39 is 27.9 Å². The molecule has 0 saturated heterocycles. The number of benzene rings is 2. The Balaban J connectivity index is 1.68. The van der Waals surface area contributed by atoms with Gasteiger partial charge in [0, 0.05) is 24.0 Å². The van der Waals surface area contributed by atoms with E-state index in [0.29, 0.717) is 24.0 Å². The number of carbonyl (C=O) groups excluding carboxylic acids is 1. The Kier molecular flexibility index (Phi) is 7.76. The van der Waals surface area contributed by atoms with Gasteiger partial charge in [0.05, 0.1) is 16.8 Å². The molecular formula is C22H22BrClN2O5S. The number of hydrogen-bond donors (Lipinski definition) is 2. The van der Waals surface area contributed by atoms with Crippen molar-refractivity contribution in [3.63, 3.8) is 0 Å². The molecule has 7 nitrogen and oxygen atoms in total. The van der Waals surface area contributed by atoms with Crippen LogP contribution in [0.3, 0.4) is 0 Å². The Hall–Kier alpha value is -2.20. The number of rotatable bonds is 7. The van der Waals surface area contributed by atoms with E-state index in [-0.39, 0.29) is 17.0 Å². The first kappa shape index (κ1) is 24.4. The summed E-state index contributed by atoms with van der Waals surface area (Å²) in [5.74, 6) is -1.71. The number of aliphatic carboxylic acids is 1. The lowest BCUT2D eigenvalue weighted by atomic mass is 9.97. The van der Waals surface area contributed by atoms with Gasteiger partial charge in [0.15, 0.2) is 0 Å². The van der Waals surface area contributed by atoms with Crippen LogP contribution in [-0.4, -0.2) is 55.1 Å². The Labute approximate surface area is 200 Å². The fourth-order valence-electron chi connectivity index (χ4n) is 3.41. The quantitative estimate of drug-likeness (QED) is 0.558. The summed E-state index contributed by atoms with van der Waals surface area (Å²) in [5.41, 5.74) is 2.95. The van der Waals surface area contributed by atoms with Crippen molar-refractivity contribution in [2.24, 2.45) is 0 Å². The van der Waals surface area contributed by atoms with Crippen molar-refractivity contribution >= 4 is 55.0 Å². The minimum atomic E-state index is -3.21. The molecule has 32 heavy (non-hydrogen) atoms. The molecule has 2 N–H and O–H groups in total. The predicted molar refractivity (Wildman–Crippen MR) is 127 cm³/mol. The average Bonchev–Trinajstić information content (AvgIpc) is 2.73. The lowest BCUT2D eigenvalue weighted by molar-refractivity contribution is -0.139. The zero-order valence-electron chi connectivity index (χ0n) is 17.2. The van der Waals surface area contributed by atoms with Gasteiger partial charge in [-0.2, -0.15) is 4.31 Å². The smallest absolute Gasteiger partial charge is 0.326 e. The fraction of sp³-hybridized carbons (Fsp3) is 0.273. The first-order chi connectivity index (χ1) is 15.0. The molecule has 0 spiro atoms. The highest BCUT2D eigenvalue weighted by molar-refractivity contribution is 9.10. The Morgan fingerprint density at radius 3 is 2.44 bits per heavy atom.